The van der Waals surface area contributed by atoms with E-state index >= 15 is 0 Å². The van der Waals surface area contributed by atoms with Crippen LogP contribution in [0.2, 0.25) is 0 Å². The van der Waals surface area contributed by atoms with Crippen LogP contribution < -0.4 is 19.5 Å². The number of carbonyl (C=O) groups is 1. The fourth-order valence-corrected chi connectivity index (χ4v) is 3.89. The summed E-state index contributed by atoms with van der Waals surface area (Å²) in [7, 11) is -1.08. The van der Waals surface area contributed by atoms with Gasteiger partial charge in [0.2, 0.25) is 0 Å². The third kappa shape index (κ3) is 4.72. The summed E-state index contributed by atoms with van der Waals surface area (Å²) in [6, 6.07) is 18.0. The Morgan fingerprint density at radius 1 is 0.867 bits per heavy atom. The van der Waals surface area contributed by atoms with Crippen molar-refractivity contribution in [3.63, 3.8) is 0 Å². The molecule has 8 heteroatoms. The van der Waals surface area contributed by atoms with Crippen LogP contribution in [0.15, 0.2) is 71.6 Å². The lowest BCUT2D eigenvalue weighted by atomic mass is 10.1. The van der Waals surface area contributed by atoms with E-state index < -0.39 is 15.9 Å². The van der Waals surface area contributed by atoms with Gasteiger partial charge in [-0.15, -0.1) is 0 Å². The molecule has 1 amide bonds. The van der Waals surface area contributed by atoms with E-state index in [9.17, 15) is 13.2 Å². The number of nitrogens with one attached hydrogen (secondary N) is 2. The molecule has 0 spiro atoms. The van der Waals surface area contributed by atoms with Gasteiger partial charge in [-0.2, -0.15) is 0 Å². The SMILES string of the molecule is COc1ccc(S(=O)(=O)Nc2ccccc2C(=O)Nc2ccc(C)cc2)cc1OC. The van der Waals surface area contributed by atoms with Crippen LogP contribution in [0.4, 0.5) is 11.4 Å². The number of anilines is 2. The van der Waals surface area contributed by atoms with Crippen molar-refractivity contribution in [2.45, 2.75) is 11.8 Å². The summed E-state index contributed by atoms with van der Waals surface area (Å²) in [6.45, 7) is 1.95. The monoisotopic (exact) mass is 426 g/mol. The molecule has 0 aliphatic carbocycles. The molecule has 3 rings (SSSR count). The molecule has 0 saturated heterocycles. The third-order valence-electron chi connectivity index (χ3n) is 4.39. The molecular weight excluding hydrogens is 404 g/mol. The number of aryl methyl sites for hydroxylation is 1. The van der Waals surface area contributed by atoms with Crippen LogP contribution in [0.5, 0.6) is 11.5 Å². The normalized spacial score (nSPS) is 10.9. The number of amides is 1. The van der Waals surface area contributed by atoms with Crippen molar-refractivity contribution < 1.29 is 22.7 Å². The Bertz CT molecular complexity index is 1160. The summed E-state index contributed by atoms with van der Waals surface area (Å²) in [4.78, 5) is 12.7. The maximum absolute atomic E-state index is 12.9. The van der Waals surface area contributed by atoms with E-state index in [0.717, 1.165) is 5.56 Å². The van der Waals surface area contributed by atoms with Gasteiger partial charge in [-0.3, -0.25) is 9.52 Å². The Labute approximate surface area is 175 Å². The largest absolute Gasteiger partial charge is 0.493 e. The lowest BCUT2D eigenvalue weighted by Gasteiger charge is -2.14. The lowest BCUT2D eigenvalue weighted by Crippen LogP contribution is -2.18. The molecule has 2 N–H and O–H groups in total. The van der Waals surface area contributed by atoms with Gasteiger partial charge in [0.25, 0.3) is 15.9 Å². The predicted molar refractivity (Wildman–Crippen MR) is 116 cm³/mol. The Morgan fingerprint density at radius 3 is 2.20 bits per heavy atom. The van der Waals surface area contributed by atoms with Crippen LogP contribution in [-0.2, 0) is 10.0 Å². The highest BCUT2D eigenvalue weighted by Crippen LogP contribution is 2.30. The van der Waals surface area contributed by atoms with Crippen LogP contribution in [0.3, 0.4) is 0 Å². The first-order valence-corrected chi connectivity index (χ1v) is 10.5. The molecule has 0 heterocycles. The maximum atomic E-state index is 12.9. The number of carbonyl (C=O) groups excluding carboxylic acids is 1. The van der Waals surface area contributed by atoms with Crippen LogP contribution in [0.1, 0.15) is 15.9 Å². The minimum Gasteiger partial charge on any atom is -0.493 e. The molecule has 7 nitrogen and oxygen atoms in total. The second-order valence-electron chi connectivity index (χ2n) is 6.49. The molecule has 0 bridgehead atoms. The Hall–Kier alpha value is -3.52. The molecular formula is C22H22N2O5S. The van der Waals surface area contributed by atoms with E-state index in [1.54, 1.807) is 30.3 Å². The second kappa shape index (κ2) is 8.87. The number of hydrogen-bond acceptors (Lipinski definition) is 5. The maximum Gasteiger partial charge on any atom is 0.262 e. The van der Waals surface area contributed by atoms with Gasteiger partial charge in [0.05, 0.1) is 30.4 Å². The zero-order chi connectivity index (χ0) is 21.7. The predicted octanol–water partition coefficient (Wildman–Crippen LogP) is 4.07. The highest BCUT2D eigenvalue weighted by Gasteiger charge is 2.20. The van der Waals surface area contributed by atoms with Gasteiger partial charge in [-0.05, 0) is 43.3 Å². The minimum absolute atomic E-state index is 0.0195. The molecule has 0 atom stereocenters. The number of sulfonamides is 1. The first-order valence-electron chi connectivity index (χ1n) is 9.06. The van der Waals surface area contributed by atoms with Crippen LogP contribution in [0.25, 0.3) is 0 Å². The molecule has 30 heavy (non-hydrogen) atoms. The van der Waals surface area contributed by atoms with E-state index in [2.05, 4.69) is 10.0 Å². The molecule has 3 aromatic rings. The summed E-state index contributed by atoms with van der Waals surface area (Å²) >= 11 is 0. The van der Waals surface area contributed by atoms with Crippen molar-refractivity contribution in [1.82, 2.24) is 0 Å². The van der Waals surface area contributed by atoms with Gasteiger partial charge in [0.15, 0.2) is 11.5 Å². The zero-order valence-electron chi connectivity index (χ0n) is 16.8. The number of rotatable bonds is 7. The summed E-state index contributed by atoms with van der Waals surface area (Å²) in [5.41, 5.74) is 2.04. The van der Waals surface area contributed by atoms with Crippen molar-refractivity contribution in [1.29, 1.82) is 0 Å². The fourth-order valence-electron chi connectivity index (χ4n) is 2.79. The zero-order valence-corrected chi connectivity index (χ0v) is 17.6. The topological polar surface area (TPSA) is 93.7 Å². The first kappa shape index (κ1) is 21.2. The van der Waals surface area contributed by atoms with Crippen LogP contribution in [-0.4, -0.2) is 28.5 Å². The standard InChI is InChI=1S/C22H22N2O5S/c1-15-8-10-16(11-9-15)23-22(25)18-6-4-5-7-19(18)24-30(26,27)17-12-13-20(28-2)21(14-17)29-3/h4-14,24H,1-3H3,(H,23,25). The van der Waals surface area contributed by atoms with E-state index in [4.69, 9.17) is 9.47 Å². The molecule has 0 aliphatic heterocycles. The molecule has 0 unspecified atom stereocenters. The lowest BCUT2D eigenvalue weighted by molar-refractivity contribution is 0.102. The minimum atomic E-state index is -3.97. The van der Waals surface area contributed by atoms with E-state index in [1.165, 1.54) is 38.5 Å². The second-order valence-corrected chi connectivity index (χ2v) is 8.17. The van der Waals surface area contributed by atoms with Crippen LogP contribution in [0, 0.1) is 6.92 Å². The van der Waals surface area contributed by atoms with E-state index in [-0.39, 0.29) is 21.9 Å². The van der Waals surface area contributed by atoms with Crippen LogP contribution >= 0.6 is 0 Å². The first-order chi connectivity index (χ1) is 14.3. The highest BCUT2D eigenvalue weighted by molar-refractivity contribution is 7.92. The van der Waals surface area contributed by atoms with E-state index in [1.807, 2.05) is 19.1 Å². The number of methoxy groups -OCH3 is 2. The molecule has 0 fully saturated rings. The van der Waals surface area contributed by atoms with Gasteiger partial charge >= 0.3 is 0 Å². The number of para-hydroxylation sites is 1. The Kier molecular flexibility index (Phi) is 6.27. The molecule has 0 saturated carbocycles. The smallest absolute Gasteiger partial charge is 0.262 e. The van der Waals surface area contributed by atoms with Gasteiger partial charge in [-0.25, -0.2) is 8.42 Å². The van der Waals surface area contributed by atoms with Crippen molar-refractivity contribution in [3.8, 4) is 11.5 Å². The molecule has 0 aromatic heterocycles. The Balaban J connectivity index is 1.88. The summed E-state index contributed by atoms with van der Waals surface area (Å²) in [5, 5.41) is 2.77. The highest BCUT2D eigenvalue weighted by atomic mass is 32.2. The van der Waals surface area contributed by atoms with Gasteiger partial charge < -0.3 is 14.8 Å². The number of ether oxygens (including phenoxy) is 2. The Morgan fingerprint density at radius 2 is 1.53 bits per heavy atom. The average Bonchev–Trinajstić information content (AvgIpc) is 2.74. The third-order valence-corrected chi connectivity index (χ3v) is 5.75. The molecule has 3 aromatic carbocycles. The van der Waals surface area contributed by atoms with Gasteiger partial charge in [0, 0.05) is 11.8 Å². The van der Waals surface area contributed by atoms with Gasteiger partial charge in [-0.1, -0.05) is 29.8 Å². The van der Waals surface area contributed by atoms with Crippen molar-refractivity contribution in [2.75, 3.05) is 24.3 Å². The van der Waals surface area contributed by atoms with Gasteiger partial charge in [0.1, 0.15) is 0 Å². The average molecular weight is 426 g/mol. The number of hydrogen-bond donors (Lipinski definition) is 2. The van der Waals surface area contributed by atoms with Crippen molar-refractivity contribution in [3.05, 3.63) is 77.9 Å². The molecule has 0 aliphatic rings. The summed E-state index contributed by atoms with van der Waals surface area (Å²) in [5.74, 6) is 0.268. The summed E-state index contributed by atoms with van der Waals surface area (Å²) < 4.78 is 38.6. The van der Waals surface area contributed by atoms with E-state index in [0.29, 0.717) is 11.4 Å². The van der Waals surface area contributed by atoms with Crippen molar-refractivity contribution >= 4 is 27.3 Å². The number of benzene rings is 3. The molecule has 156 valence electrons. The quantitative estimate of drug-likeness (QED) is 0.594. The summed E-state index contributed by atoms with van der Waals surface area (Å²) in [6.07, 6.45) is 0. The van der Waals surface area contributed by atoms with Crippen molar-refractivity contribution in [2.24, 2.45) is 0 Å². The fraction of sp³-hybridized carbons (Fsp3) is 0.136. The molecule has 0 radical (unpaired) electrons.